The lowest BCUT2D eigenvalue weighted by molar-refractivity contribution is 0.225. The third-order valence-corrected chi connectivity index (χ3v) is 2.12. The van der Waals surface area contributed by atoms with E-state index in [0.29, 0.717) is 0 Å². The first kappa shape index (κ1) is 11.3. The molecule has 1 rings (SSSR count). The molecule has 1 heterocycles. The maximum absolute atomic E-state index is 11.5. The Morgan fingerprint density at radius 1 is 1.43 bits per heavy atom. The minimum absolute atomic E-state index is 0.0637. The van der Waals surface area contributed by atoms with Crippen molar-refractivity contribution in [2.24, 2.45) is 0 Å². The number of amides is 2. The third kappa shape index (κ3) is 4.46. The molecule has 0 aromatic rings. The first-order valence-corrected chi connectivity index (χ1v) is 5.27. The molecule has 0 unspecified atom stereocenters. The van der Waals surface area contributed by atoms with E-state index in [4.69, 9.17) is 0 Å². The van der Waals surface area contributed by atoms with E-state index in [1.54, 1.807) is 0 Å². The van der Waals surface area contributed by atoms with Crippen molar-refractivity contribution in [2.75, 3.05) is 13.1 Å². The van der Waals surface area contributed by atoms with Gasteiger partial charge in [-0.25, -0.2) is 4.79 Å². The van der Waals surface area contributed by atoms with E-state index in [2.05, 4.69) is 16.0 Å². The van der Waals surface area contributed by atoms with Crippen LogP contribution in [0.2, 0.25) is 0 Å². The maximum Gasteiger partial charge on any atom is 0.315 e. The van der Waals surface area contributed by atoms with Crippen LogP contribution in [0.25, 0.3) is 0 Å². The summed E-state index contributed by atoms with van der Waals surface area (Å²) in [7, 11) is 0. The summed E-state index contributed by atoms with van der Waals surface area (Å²) >= 11 is 0. The normalized spacial score (nSPS) is 22.9. The molecule has 1 fully saturated rings. The van der Waals surface area contributed by atoms with Gasteiger partial charge >= 0.3 is 6.03 Å². The molecule has 0 aromatic carbocycles. The smallest absolute Gasteiger partial charge is 0.315 e. The van der Waals surface area contributed by atoms with Crippen molar-refractivity contribution in [3.05, 3.63) is 0 Å². The molecule has 3 N–H and O–H groups in total. The van der Waals surface area contributed by atoms with E-state index in [1.165, 1.54) is 0 Å². The molecule has 14 heavy (non-hydrogen) atoms. The van der Waals surface area contributed by atoms with Gasteiger partial charge in [0.2, 0.25) is 0 Å². The Kier molecular flexibility index (Phi) is 3.75. The van der Waals surface area contributed by atoms with Crippen LogP contribution in [-0.4, -0.2) is 30.7 Å². The van der Waals surface area contributed by atoms with Crippen LogP contribution >= 0.6 is 0 Å². The first-order chi connectivity index (χ1) is 6.47. The highest BCUT2D eigenvalue weighted by atomic mass is 16.2. The average Bonchev–Trinajstić information content (AvgIpc) is 2.02. The van der Waals surface area contributed by atoms with E-state index in [0.717, 1.165) is 25.9 Å². The van der Waals surface area contributed by atoms with Crippen molar-refractivity contribution < 1.29 is 4.79 Å². The largest absolute Gasteiger partial charge is 0.334 e. The van der Waals surface area contributed by atoms with Crippen LogP contribution in [0.15, 0.2) is 0 Å². The molecular formula is C10H21N3O. The Balaban J connectivity index is 2.25. The fourth-order valence-corrected chi connectivity index (χ4v) is 1.54. The van der Waals surface area contributed by atoms with Gasteiger partial charge in [0.05, 0.1) is 0 Å². The number of piperidine rings is 1. The van der Waals surface area contributed by atoms with Gasteiger partial charge in [0.25, 0.3) is 0 Å². The highest BCUT2D eigenvalue weighted by Gasteiger charge is 2.18. The number of urea groups is 1. The summed E-state index contributed by atoms with van der Waals surface area (Å²) < 4.78 is 0. The Labute approximate surface area is 85.8 Å². The van der Waals surface area contributed by atoms with E-state index in [-0.39, 0.29) is 17.6 Å². The number of carbonyl (C=O) groups excluding carboxylic acids is 1. The van der Waals surface area contributed by atoms with Crippen LogP contribution in [0.1, 0.15) is 33.6 Å². The van der Waals surface area contributed by atoms with Crippen LogP contribution in [0, 0.1) is 0 Å². The molecule has 2 amide bonds. The molecule has 0 aliphatic carbocycles. The SMILES string of the molecule is CC(C)(C)NC(=O)N[C@@H]1CCCNC1. The molecule has 0 aromatic heterocycles. The van der Waals surface area contributed by atoms with Gasteiger partial charge in [0.1, 0.15) is 0 Å². The number of hydrogen-bond donors (Lipinski definition) is 3. The Hall–Kier alpha value is -0.770. The van der Waals surface area contributed by atoms with Gasteiger partial charge in [0, 0.05) is 18.1 Å². The summed E-state index contributed by atoms with van der Waals surface area (Å²) in [4.78, 5) is 11.5. The first-order valence-electron chi connectivity index (χ1n) is 5.27. The standard InChI is InChI=1S/C10H21N3O/c1-10(2,3)13-9(14)12-8-5-4-6-11-7-8/h8,11H,4-7H2,1-3H3,(H2,12,13,14)/t8-/m1/s1. The monoisotopic (exact) mass is 199 g/mol. The number of hydrogen-bond acceptors (Lipinski definition) is 2. The summed E-state index contributed by atoms with van der Waals surface area (Å²) in [6, 6.07) is 0.220. The topological polar surface area (TPSA) is 53.2 Å². The van der Waals surface area contributed by atoms with Gasteiger partial charge in [-0.05, 0) is 40.2 Å². The lowest BCUT2D eigenvalue weighted by Crippen LogP contribution is -2.53. The number of nitrogens with one attached hydrogen (secondary N) is 3. The van der Waals surface area contributed by atoms with Crippen molar-refractivity contribution in [3.63, 3.8) is 0 Å². The predicted octanol–water partition coefficient (Wildman–Crippen LogP) is 0.836. The number of rotatable bonds is 1. The fraction of sp³-hybridized carbons (Fsp3) is 0.900. The Morgan fingerprint density at radius 3 is 2.64 bits per heavy atom. The highest BCUT2D eigenvalue weighted by molar-refractivity contribution is 5.75. The summed E-state index contributed by atoms with van der Waals surface area (Å²) in [5.74, 6) is 0. The molecule has 0 bridgehead atoms. The van der Waals surface area contributed by atoms with Crippen LogP contribution in [0.4, 0.5) is 4.79 Å². The Morgan fingerprint density at radius 2 is 2.14 bits per heavy atom. The van der Waals surface area contributed by atoms with Crippen molar-refractivity contribution >= 4 is 6.03 Å². The van der Waals surface area contributed by atoms with E-state index >= 15 is 0 Å². The second-order valence-corrected chi connectivity index (χ2v) is 4.89. The molecule has 1 saturated heterocycles. The van der Waals surface area contributed by atoms with E-state index in [1.807, 2.05) is 20.8 Å². The Bertz CT molecular complexity index is 192. The second kappa shape index (κ2) is 4.64. The third-order valence-electron chi connectivity index (χ3n) is 2.12. The molecular weight excluding hydrogens is 178 g/mol. The summed E-state index contributed by atoms with van der Waals surface area (Å²) in [5, 5.41) is 9.11. The van der Waals surface area contributed by atoms with E-state index in [9.17, 15) is 4.79 Å². The zero-order valence-corrected chi connectivity index (χ0v) is 9.31. The maximum atomic E-state index is 11.5. The number of carbonyl (C=O) groups is 1. The van der Waals surface area contributed by atoms with Gasteiger partial charge in [-0.2, -0.15) is 0 Å². The van der Waals surface area contributed by atoms with Gasteiger partial charge < -0.3 is 16.0 Å². The summed E-state index contributed by atoms with van der Waals surface area (Å²) in [6.07, 6.45) is 2.21. The molecule has 1 aliphatic heterocycles. The molecule has 0 radical (unpaired) electrons. The average molecular weight is 199 g/mol. The predicted molar refractivity (Wildman–Crippen MR) is 57.3 cm³/mol. The molecule has 82 valence electrons. The van der Waals surface area contributed by atoms with Crippen molar-refractivity contribution in [1.82, 2.24) is 16.0 Å². The van der Waals surface area contributed by atoms with Crippen LogP contribution in [0.5, 0.6) is 0 Å². The summed E-state index contributed by atoms with van der Waals surface area (Å²) in [5.41, 5.74) is -0.161. The van der Waals surface area contributed by atoms with Crippen molar-refractivity contribution in [2.45, 2.75) is 45.2 Å². The molecule has 4 nitrogen and oxygen atoms in total. The van der Waals surface area contributed by atoms with Crippen molar-refractivity contribution in [1.29, 1.82) is 0 Å². The van der Waals surface area contributed by atoms with Gasteiger partial charge in [-0.3, -0.25) is 0 Å². The highest BCUT2D eigenvalue weighted by Crippen LogP contribution is 2.02. The molecule has 4 heteroatoms. The molecule has 0 spiro atoms. The van der Waals surface area contributed by atoms with Gasteiger partial charge in [-0.1, -0.05) is 0 Å². The van der Waals surface area contributed by atoms with E-state index < -0.39 is 0 Å². The second-order valence-electron chi connectivity index (χ2n) is 4.89. The zero-order chi connectivity index (χ0) is 10.6. The lowest BCUT2D eigenvalue weighted by Gasteiger charge is -2.27. The van der Waals surface area contributed by atoms with Gasteiger partial charge in [0.15, 0.2) is 0 Å². The molecule has 0 saturated carbocycles. The van der Waals surface area contributed by atoms with Crippen LogP contribution in [0.3, 0.4) is 0 Å². The summed E-state index contributed by atoms with van der Waals surface area (Å²) in [6.45, 7) is 7.89. The lowest BCUT2D eigenvalue weighted by atomic mass is 10.1. The van der Waals surface area contributed by atoms with Gasteiger partial charge in [-0.15, -0.1) is 0 Å². The van der Waals surface area contributed by atoms with Crippen LogP contribution < -0.4 is 16.0 Å². The van der Waals surface area contributed by atoms with Crippen molar-refractivity contribution in [3.8, 4) is 0 Å². The molecule has 1 aliphatic rings. The quantitative estimate of drug-likeness (QED) is 0.586. The zero-order valence-electron chi connectivity index (χ0n) is 9.31. The minimum atomic E-state index is -0.161. The molecule has 1 atom stereocenters. The van der Waals surface area contributed by atoms with Crippen LogP contribution in [-0.2, 0) is 0 Å². The fourth-order valence-electron chi connectivity index (χ4n) is 1.54. The minimum Gasteiger partial charge on any atom is -0.334 e.